The number of rotatable bonds is 1. The van der Waals surface area contributed by atoms with Crippen LogP contribution in [0.25, 0.3) is 11.3 Å². The first-order chi connectivity index (χ1) is 6.29. The van der Waals surface area contributed by atoms with E-state index in [9.17, 15) is 0 Å². The van der Waals surface area contributed by atoms with Crippen molar-refractivity contribution in [1.29, 1.82) is 0 Å². The van der Waals surface area contributed by atoms with E-state index in [1.165, 1.54) is 5.56 Å². The highest BCUT2D eigenvalue weighted by atomic mass is 79.9. The molecular weight excluding hydrogens is 228 g/mol. The highest BCUT2D eigenvalue weighted by molar-refractivity contribution is 9.10. The van der Waals surface area contributed by atoms with Crippen molar-refractivity contribution >= 4 is 15.9 Å². The fraction of sp³-hybridized carbons (Fsp3) is 0.100. The average Bonchev–Trinajstić information content (AvgIpc) is 2.52. The average molecular weight is 237 g/mol. The highest BCUT2D eigenvalue weighted by Gasteiger charge is 2.04. The van der Waals surface area contributed by atoms with Gasteiger partial charge in [0.1, 0.15) is 0 Å². The Labute approximate surface area is 85.4 Å². The van der Waals surface area contributed by atoms with E-state index in [0.717, 1.165) is 10.2 Å². The maximum absolute atomic E-state index is 4.08. The molecule has 66 valence electrons. The highest BCUT2D eigenvalue weighted by Crippen LogP contribution is 2.26. The summed E-state index contributed by atoms with van der Waals surface area (Å²) < 4.78 is 3.10. The van der Waals surface area contributed by atoms with Crippen molar-refractivity contribution in [2.45, 2.75) is 0 Å². The van der Waals surface area contributed by atoms with Gasteiger partial charge in [-0.2, -0.15) is 0 Å². The summed E-state index contributed by atoms with van der Waals surface area (Å²) in [5, 5.41) is 0. The third-order valence-corrected chi connectivity index (χ3v) is 2.66. The zero-order valence-electron chi connectivity index (χ0n) is 7.24. The molecule has 0 aliphatic heterocycles. The summed E-state index contributed by atoms with van der Waals surface area (Å²) >= 11 is 3.51. The molecule has 0 aliphatic carbocycles. The van der Waals surface area contributed by atoms with Gasteiger partial charge in [-0.3, -0.25) is 0 Å². The second kappa shape index (κ2) is 3.34. The van der Waals surface area contributed by atoms with Crippen LogP contribution in [0.5, 0.6) is 0 Å². The maximum Gasteiger partial charge on any atom is 0.0948 e. The van der Waals surface area contributed by atoms with E-state index in [2.05, 4.69) is 27.0 Å². The molecule has 1 aromatic heterocycles. The number of aryl methyl sites for hydroxylation is 1. The smallest absolute Gasteiger partial charge is 0.0948 e. The Kier molecular flexibility index (Phi) is 2.19. The number of imidazole rings is 1. The normalized spacial score (nSPS) is 10.3. The molecule has 0 N–H and O–H groups in total. The van der Waals surface area contributed by atoms with Crippen molar-refractivity contribution in [3.8, 4) is 11.3 Å². The fourth-order valence-corrected chi connectivity index (χ4v) is 1.77. The summed E-state index contributed by atoms with van der Waals surface area (Å²) in [4.78, 5) is 4.08. The van der Waals surface area contributed by atoms with E-state index in [0.29, 0.717) is 0 Å². The largest absolute Gasteiger partial charge is 0.334 e. The quantitative estimate of drug-likeness (QED) is 0.745. The van der Waals surface area contributed by atoms with Gasteiger partial charge in [0.05, 0.1) is 18.2 Å². The number of hydrogen-bond acceptors (Lipinski definition) is 1. The molecule has 13 heavy (non-hydrogen) atoms. The molecule has 2 aromatic rings. The minimum Gasteiger partial charge on any atom is -0.334 e. The molecule has 3 heteroatoms. The zero-order chi connectivity index (χ0) is 9.26. The first kappa shape index (κ1) is 8.51. The van der Waals surface area contributed by atoms with E-state index in [1.807, 2.05) is 36.0 Å². The van der Waals surface area contributed by atoms with Gasteiger partial charge in [-0.15, -0.1) is 0 Å². The SMILES string of the molecule is Cn1cncc1-c1ccccc1Br. The van der Waals surface area contributed by atoms with E-state index in [4.69, 9.17) is 0 Å². The Morgan fingerprint density at radius 1 is 1.31 bits per heavy atom. The van der Waals surface area contributed by atoms with Gasteiger partial charge >= 0.3 is 0 Å². The van der Waals surface area contributed by atoms with Gasteiger partial charge in [0.15, 0.2) is 0 Å². The molecule has 0 atom stereocenters. The third-order valence-electron chi connectivity index (χ3n) is 1.97. The Morgan fingerprint density at radius 3 is 2.69 bits per heavy atom. The van der Waals surface area contributed by atoms with E-state index in [-0.39, 0.29) is 0 Å². The van der Waals surface area contributed by atoms with Crippen molar-refractivity contribution in [2.24, 2.45) is 7.05 Å². The molecule has 0 unspecified atom stereocenters. The molecule has 2 rings (SSSR count). The summed E-state index contributed by atoms with van der Waals surface area (Å²) in [7, 11) is 1.99. The lowest BCUT2D eigenvalue weighted by molar-refractivity contribution is 0.921. The standard InChI is InChI=1S/C10H9BrN2/c1-13-7-12-6-10(13)8-4-2-3-5-9(8)11/h2-7H,1H3. The topological polar surface area (TPSA) is 17.8 Å². The van der Waals surface area contributed by atoms with Crippen LogP contribution in [0.1, 0.15) is 0 Å². The van der Waals surface area contributed by atoms with Crippen LogP contribution in [-0.4, -0.2) is 9.55 Å². The molecule has 0 radical (unpaired) electrons. The van der Waals surface area contributed by atoms with Crippen LogP contribution >= 0.6 is 15.9 Å². The number of hydrogen-bond donors (Lipinski definition) is 0. The van der Waals surface area contributed by atoms with Crippen LogP contribution in [0.4, 0.5) is 0 Å². The van der Waals surface area contributed by atoms with Crippen molar-refractivity contribution in [3.63, 3.8) is 0 Å². The predicted molar refractivity (Wildman–Crippen MR) is 56.3 cm³/mol. The van der Waals surface area contributed by atoms with Gasteiger partial charge in [0.2, 0.25) is 0 Å². The first-order valence-electron chi connectivity index (χ1n) is 4.00. The lowest BCUT2D eigenvalue weighted by Gasteiger charge is -2.03. The van der Waals surface area contributed by atoms with Gasteiger partial charge in [-0.05, 0) is 6.07 Å². The summed E-state index contributed by atoms with van der Waals surface area (Å²) in [6.07, 6.45) is 3.66. The molecule has 2 nitrogen and oxygen atoms in total. The van der Waals surface area contributed by atoms with Gasteiger partial charge in [0.25, 0.3) is 0 Å². The Balaban J connectivity index is 2.59. The van der Waals surface area contributed by atoms with Crippen molar-refractivity contribution < 1.29 is 0 Å². The molecule has 0 bridgehead atoms. The van der Waals surface area contributed by atoms with E-state index >= 15 is 0 Å². The van der Waals surface area contributed by atoms with Crippen molar-refractivity contribution in [1.82, 2.24) is 9.55 Å². The van der Waals surface area contributed by atoms with Crippen LogP contribution in [-0.2, 0) is 7.05 Å². The monoisotopic (exact) mass is 236 g/mol. The third kappa shape index (κ3) is 1.52. The lowest BCUT2D eigenvalue weighted by Crippen LogP contribution is -1.89. The molecule has 0 saturated heterocycles. The second-order valence-electron chi connectivity index (χ2n) is 2.87. The Hall–Kier alpha value is -1.09. The predicted octanol–water partition coefficient (Wildman–Crippen LogP) is 2.85. The molecule has 0 aliphatic rings. The van der Waals surface area contributed by atoms with Crippen molar-refractivity contribution in [2.75, 3.05) is 0 Å². The van der Waals surface area contributed by atoms with Crippen LogP contribution in [0, 0.1) is 0 Å². The van der Waals surface area contributed by atoms with Crippen LogP contribution in [0.15, 0.2) is 41.3 Å². The lowest BCUT2D eigenvalue weighted by atomic mass is 10.2. The Bertz CT molecular complexity index is 420. The second-order valence-corrected chi connectivity index (χ2v) is 3.72. The Morgan fingerprint density at radius 2 is 2.08 bits per heavy atom. The zero-order valence-corrected chi connectivity index (χ0v) is 8.82. The van der Waals surface area contributed by atoms with Gasteiger partial charge in [-0.25, -0.2) is 4.98 Å². The van der Waals surface area contributed by atoms with Crippen LogP contribution in [0.3, 0.4) is 0 Å². The van der Waals surface area contributed by atoms with Gasteiger partial charge in [-0.1, -0.05) is 34.1 Å². The molecule has 0 spiro atoms. The molecule has 0 amide bonds. The fourth-order valence-electron chi connectivity index (χ4n) is 1.29. The molecule has 1 aromatic carbocycles. The van der Waals surface area contributed by atoms with Crippen LogP contribution in [0.2, 0.25) is 0 Å². The summed E-state index contributed by atoms with van der Waals surface area (Å²) in [6, 6.07) is 8.13. The van der Waals surface area contributed by atoms with Crippen LogP contribution < -0.4 is 0 Å². The summed E-state index contributed by atoms with van der Waals surface area (Å²) in [5.41, 5.74) is 2.29. The van der Waals surface area contributed by atoms with E-state index < -0.39 is 0 Å². The van der Waals surface area contributed by atoms with E-state index in [1.54, 1.807) is 6.33 Å². The number of nitrogens with zero attached hydrogens (tertiary/aromatic N) is 2. The maximum atomic E-state index is 4.08. The minimum absolute atomic E-state index is 1.10. The number of halogens is 1. The van der Waals surface area contributed by atoms with Gasteiger partial charge < -0.3 is 4.57 Å². The van der Waals surface area contributed by atoms with Crippen molar-refractivity contribution in [3.05, 3.63) is 41.3 Å². The molecule has 0 fully saturated rings. The minimum atomic E-state index is 1.10. The number of aromatic nitrogens is 2. The molecule has 0 saturated carbocycles. The van der Waals surface area contributed by atoms with Gasteiger partial charge in [0, 0.05) is 17.1 Å². The number of benzene rings is 1. The molecule has 1 heterocycles. The summed E-state index contributed by atoms with van der Waals surface area (Å²) in [6.45, 7) is 0. The first-order valence-corrected chi connectivity index (χ1v) is 4.79. The molecular formula is C10H9BrN2. The summed E-state index contributed by atoms with van der Waals surface area (Å²) in [5.74, 6) is 0.